The Kier molecular flexibility index (Phi) is 6.93. The fourth-order valence-electron chi connectivity index (χ4n) is 2.55. The summed E-state index contributed by atoms with van der Waals surface area (Å²) in [5.74, 6) is -1.68. The number of benzene rings is 2. The minimum Gasteiger partial charge on any atom is -0.507 e. The summed E-state index contributed by atoms with van der Waals surface area (Å²) in [6.45, 7) is 7.62. The highest BCUT2D eigenvalue weighted by molar-refractivity contribution is 6.39. The molecule has 0 aliphatic heterocycles. The van der Waals surface area contributed by atoms with Crippen LogP contribution in [0.4, 0.5) is 11.4 Å². The van der Waals surface area contributed by atoms with Gasteiger partial charge in [-0.15, -0.1) is 0 Å². The van der Waals surface area contributed by atoms with Gasteiger partial charge in [-0.05, 0) is 56.7 Å². The van der Waals surface area contributed by atoms with Crippen LogP contribution < -0.4 is 15.6 Å². The van der Waals surface area contributed by atoms with Gasteiger partial charge in [0.1, 0.15) is 5.75 Å². The number of anilines is 2. The van der Waals surface area contributed by atoms with Gasteiger partial charge in [-0.1, -0.05) is 12.1 Å². The Labute approximate surface area is 158 Å². The molecule has 0 heterocycles. The van der Waals surface area contributed by atoms with Crippen molar-refractivity contribution in [2.75, 3.05) is 23.3 Å². The van der Waals surface area contributed by atoms with E-state index < -0.39 is 11.8 Å². The van der Waals surface area contributed by atoms with E-state index in [1.165, 1.54) is 6.21 Å². The molecule has 0 aromatic heterocycles. The average Bonchev–Trinajstić information content (AvgIpc) is 2.64. The molecule has 0 atom stereocenters. The van der Waals surface area contributed by atoms with E-state index >= 15 is 0 Å². The number of rotatable bonds is 6. The molecule has 3 N–H and O–H groups in total. The molecule has 7 nitrogen and oxygen atoms in total. The number of phenols is 1. The second-order valence-electron chi connectivity index (χ2n) is 5.94. The number of nitrogens with zero attached hydrogens (tertiary/aromatic N) is 2. The Morgan fingerprint density at radius 1 is 1.11 bits per heavy atom. The number of hydrazone groups is 1. The SMILES string of the molecule is CCN(CC)c1ccc(O)c(C=NNC(=O)C(=O)Nc2cccc(C)c2)c1. The maximum atomic E-state index is 11.9. The number of hydrogen-bond acceptors (Lipinski definition) is 5. The van der Waals surface area contributed by atoms with E-state index in [4.69, 9.17) is 0 Å². The molecule has 0 fully saturated rings. The van der Waals surface area contributed by atoms with Crippen LogP contribution in [0.15, 0.2) is 47.6 Å². The second-order valence-corrected chi connectivity index (χ2v) is 5.94. The van der Waals surface area contributed by atoms with Crippen LogP contribution in [-0.4, -0.2) is 36.2 Å². The van der Waals surface area contributed by atoms with Crippen molar-refractivity contribution < 1.29 is 14.7 Å². The van der Waals surface area contributed by atoms with Crippen LogP contribution in [0.25, 0.3) is 0 Å². The van der Waals surface area contributed by atoms with Crippen LogP contribution >= 0.6 is 0 Å². The van der Waals surface area contributed by atoms with E-state index in [1.807, 2.05) is 32.9 Å². The van der Waals surface area contributed by atoms with Gasteiger partial charge in [0, 0.05) is 30.0 Å². The Morgan fingerprint density at radius 3 is 2.52 bits per heavy atom. The molecule has 2 aromatic rings. The van der Waals surface area contributed by atoms with Crippen molar-refractivity contribution in [3.05, 3.63) is 53.6 Å². The molecule has 0 radical (unpaired) electrons. The topological polar surface area (TPSA) is 94.0 Å². The molecule has 0 aliphatic rings. The first kappa shape index (κ1) is 20.0. The first-order valence-corrected chi connectivity index (χ1v) is 8.73. The summed E-state index contributed by atoms with van der Waals surface area (Å²) < 4.78 is 0. The van der Waals surface area contributed by atoms with E-state index in [-0.39, 0.29) is 5.75 Å². The third-order valence-electron chi connectivity index (χ3n) is 3.99. The number of carbonyl (C=O) groups is 2. The zero-order chi connectivity index (χ0) is 19.8. The van der Waals surface area contributed by atoms with Crippen molar-refractivity contribution in [2.45, 2.75) is 20.8 Å². The molecule has 27 heavy (non-hydrogen) atoms. The molecule has 142 valence electrons. The van der Waals surface area contributed by atoms with Gasteiger partial charge < -0.3 is 15.3 Å². The van der Waals surface area contributed by atoms with Gasteiger partial charge in [0.2, 0.25) is 0 Å². The fourth-order valence-corrected chi connectivity index (χ4v) is 2.55. The molecule has 0 aliphatic carbocycles. The van der Waals surface area contributed by atoms with Crippen LogP contribution in [0.1, 0.15) is 25.0 Å². The molecule has 0 spiro atoms. The molecule has 0 unspecified atom stereocenters. The summed E-state index contributed by atoms with van der Waals surface area (Å²) in [4.78, 5) is 25.9. The molecule has 0 saturated carbocycles. The van der Waals surface area contributed by atoms with E-state index in [1.54, 1.807) is 30.3 Å². The molecule has 7 heteroatoms. The van der Waals surface area contributed by atoms with Crippen molar-refractivity contribution in [3.8, 4) is 5.75 Å². The third-order valence-corrected chi connectivity index (χ3v) is 3.99. The Morgan fingerprint density at radius 2 is 1.85 bits per heavy atom. The van der Waals surface area contributed by atoms with E-state index in [2.05, 4.69) is 20.7 Å². The summed E-state index contributed by atoms with van der Waals surface area (Å²) in [5, 5.41) is 16.2. The second kappa shape index (κ2) is 9.38. The zero-order valence-corrected chi connectivity index (χ0v) is 15.7. The van der Waals surface area contributed by atoms with Gasteiger partial charge in [0.15, 0.2) is 0 Å². The average molecular weight is 368 g/mol. The Hall–Kier alpha value is -3.35. The number of carbonyl (C=O) groups excluding carboxylic acids is 2. The lowest BCUT2D eigenvalue weighted by atomic mass is 10.1. The standard InChI is InChI=1S/C20H24N4O3/c1-4-24(5-2)17-9-10-18(25)15(12-17)13-21-23-20(27)19(26)22-16-8-6-7-14(3)11-16/h6-13,25H,4-5H2,1-3H3,(H,22,26)(H,23,27). The maximum absolute atomic E-state index is 11.9. The van der Waals surface area contributed by atoms with E-state index in [0.717, 1.165) is 24.3 Å². The lowest BCUT2D eigenvalue weighted by Gasteiger charge is -2.21. The van der Waals surface area contributed by atoms with Crippen molar-refractivity contribution in [3.63, 3.8) is 0 Å². The largest absolute Gasteiger partial charge is 0.507 e. The fraction of sp³-hybridized carbons (Fsp3) is 0.250. The summed E-state index contributed by atoms with van der Waals surface area (Å²) in [5.41, 5.74) is 5.04. The number of nitrogens with one attached hydrogen (secondary N) is 2. The van der Waals surface area contributed by atoms with Crippen molar-refractivity contribution in [1.82, 2.24) is 5.43 Å². The predicted molar refractivity (Wildman–Crippen MR) is 107 cm³/mol. The molecule has 2 amide bonds. The zero-order valence-electron chi connectivity index (χ0n) is 15.7. The van der Waals surface area contributed by atoms with E-state index in [0.29, 0.717) is 11.3 Å². The van der Waals surface area contributed by atoms with Gasteiger partial charge >= 0.3 is 11.8 Å². The molecule has 2 aromatic carbocycles. The highest BCUT2D eigenvalue weighted by Gasteiger charge is 2.13. The first-order valence-electron chi connectivity index (χ1n) is 8.73. The lowest BCUT2D eigenvalue weighted by Crippen LogP contribution is -2.32. The van der Waals surface area contributed by atoms with Gasteiger partial charge in [0.05, 0.1) is 6.21 Å². The normalized spacial score (nSPS) is 10.6. The van der Waals surface area contributed by atoms with Crippen LogP contribution in [0.2, 0.25) is 0 Å². The van der Waals surface area contributed by atoms with Crippen molar-refractivity contribution in [1.29, 1.82) is 0 Å². The molecule has 2 rings (SSSR count). The quantitative estimate of drug-likeness (QED) is 0.415. The third kappa shape index (κ3) is 5.57. The molecule has 0 saturated heterocycles. The first-order chi connectivity index (χ1) is 12.9. The molecule has 0 bridgehead atoms. The summed E-state index contributed by atoms with van der Waals surface area (Å²) in [6, 6.07) is 12.3. The number of aryl methyl sites for hydroxylation is 1. The van der Waals surface area contributed by atoms with Gasteiger partial charge in [0.25, 0.3) is 0 Å². The molecular formula is C20H24N4O3. The number of aromatic hydroxyl groups is 1. The summed E-state index contributed by atoms with van der Waals surface area (Å²) in [6.07, 6.45) is 1.31. The monoisotopic (exact) mass is 368 g/mol. The van der Waals surface area contributed by atoms with Gasteiger partial charge in [-0.25, -0.2) is 5.43 Å². The summed E-state index contributed by atoms with van der Waals surface area (Å²) >= 11 is 0. The summed E-state index contributed by atoms with van der Waals surface area (Å²) in [7, 11) is 0. The van der Waals surface area contributed by atoms with Gasteiger partial charge in [-0.2, -0.15) is 5.10 Å². The number of hydrogen-bond donors (Lipinski definition) is 3. The highest BCUT2D eigenvalue weighted by atomic mass is 16.3. The van der Waals surface area contributed by atoms with Crippen molar-refractivity contribution in [2.24, 2.45) is 5.10 Å². The van der Waals surface area contributed by atoms with Gasteiger partial charge in [-0.3, -0.25) is 9.59 Å². The number of phenolic OH excluding ortho intramolecular Hbond substituents is 1. The lowest BCUT2D eigenvalue weighted by molar-refractivity contribution is -0.136. The predicted octanol–water partition coefficient (Wildman–Crippen LogP) is 2.64. The molecular weight excluding hydrogens is 344 g/mol. The Bertz CT molecular complexity index is 845. The smallest absolute Gasteiger partial charge is 0.329 e. The van der Waals surface area contributed by atoms with Crippen molar-refractivity contribution >= 4 is 29.4 Å². The van der Waals surface area contributed by atoms with Crippen LogP contribution in [0, 0.1) is 6.92 Å². The maximum Gasteiger partial charge on any atom is 0.329 e. The minimum absolute atomic E-state index is 0.0353. The van der Waals surface area contributed by atoms with Crippen LogP contribution in [-0.2, 0) is 9.59 Å². The highest BCUT2D eigenvalue weighted by Crippen LogP contribution is 2.22. The van der Waals surface area contributed by atoms with E-state index in [9.17, 15) is 14.7 Å². The Balaban J connectivity index is 2.00. The minimum atomic E-state index is -0.896. The number of amides is 2. The van der Waals surface area contributed by atoms with Crippen LogP contribution in [0.5, 0.6) is 5.75 Å². The van der Waals surface area contributed by atoms with Crippen LogP contribution in [0.3, 0.4) is 0 Å².